The molecule has 0 N–H and O–H groups in total. The van der Waals surface area contributed by atoms with Crippen molar-refractivity contribution in [3.8, 4) is 11.8 Å². The van der Waals surface area contributed by atoms with Crippen molar-refractivity contribution < 1.29 is 9.53 Å². The summed E-state index contributed by atoms with van der Waals surface area (Å²) in [6, 6.07) is 0. The van der Waals surface area contributed by atoms with Gasteiger partial charge in [-0.3, -0.25) is 4.79 Å². The van der Waals surface area contributed by atoms with Crippen LogP contribution in [0.25, 0.3) is 0 Å². The lowest BCUT2D eigenvalue weighted by atomic mass is 10.2. The molecule has 0 saturated carbocycles. The van der Waals surface area contributed by atoms with Crippen LogP contribution in [-0.4, -0.2) is 36.6 Å². The third-order valence-electron chi connectivity index (χ3n) is 2.48. The molecule has 1 saturated heterocycles. The van der Waals surface area contributed by atoms with Crippen molar-refractivity contribution >= 4 is 5.91 Å². The van der Waals surface area contributed by atoms with Gasteiger partial charge in [0.15, 0.2) is 0 Å². The van der Waals surface area contributed by atoms with E-state index in [1.807, 2.05) is 13.8 Å². The Hall–Kier alpha value is -1.01. The summed E-state index contributed by atoms with van der Waals surface area (Å²) in [6.45, 7) is 6.31. The topological polar surface area (TPSA) is 32.8 Å². The van der Waals surface area contributed by atoms with Crippen LogP contribution >= 0.6 is 0 Å². The van der Waals surface area contributed by atoms with Crippen LogP contribution in [0.15, 0.2) is 0 Å². The molecule has 0 aromatic rings. The Morgan fingerprint density at radius 3 is 2.67 bits per heavy atom. The SMILES string of the molecule is CCN(CC)C(=O)C#CCCCC1CO1. The normalized spacial score (nSPS) is 17.9. The molecular formula is C12H19NO2. The molecule has 0 aromatic heterocycles. The van der Waals surface area contributed by atoms with Gasteiger partial charge < -0.3 is 9.64 Å². The number of rotatable bonds is 5. The molecule has 1 aliphatic rings. The average molecular weight is 209 g/mol. The number of epoxide rings is 1. The molecule has 0 aromatic carbocycles. The summed E-state index contributed by atoms with van der Waals surface area (Å²) in [5, 5.41) is 0. The molecule has 3 heteroatoms. The van der Waals surface area contributed by atoms with Gasteiger partial charge in [0.1, 0.15) is 0 Å². The highest BCUT2D eigenvalue weighted by Crippen LogP contribution is 2.15. The monoisotopic (exact) mass is 209 g/mol. The number of hydrogen-bond acceptors (Lipinski definition) is 2. The summed E-state index contributed by atoms with van der Waals surface area (Å²) in [5.41, 5.74) is 0. The highest BCUT2D eigenvalue weighted by Gasteiger charge is 2.20. The van der Waals surface area contributed by atoms with Crippen molar-refractivity contribution in [3.05, 3.63) is 0 Å². The smallest absolute Gasteiger partial charge is 0.298 e. The second-order valence-electron chi connectivity index (χ2n) is 3.63. The number of hydrogen-bond donors (Lipinski definition) is 0. The maximum absolute atomic E-state index is 11.4. The third kappa shape index (κ3) is 4.85. The van der Waals surface area contributed by atoms with Gasteiger partial charge >= 0.3 is 0 Å². The molecule has 0 spiro atoms. The van der Waals surface area contributed by atoms with Crippen molar-refractivity contribution in [2.24, 2.45) is 0 Å². The van der Waals surface area contributed by atoms with Gasteiger partial charge in [0.2, 0.25) is 0 Å². The van der Waals surface area contributed by atoms with Crippen LogP contribution in [-0.2, 0) is 9.53 Å². The molecule has 15 heavy (non-hydrogen) atoms. The zero-order valence-electron chi connectivity index (χ0n) is 9.58. The number of carbonyl (C=O) groups excluding carboxylic acids is 1. The van der Waals surface area contributed by atoms with Crippen LogP contribution in [0.1, 0.15) is 33.1 Å². The van der Waals surface area contributed by atoms with Crippen LogP contribution in [0.5, 0.6) is 0 Å². The van der Waals surface area contributed by atoms with E-state index in [0.717, 1.165) is 39.0 Å². The molecule has 0 radical (unpaired) electrons. The molecule has 1 fully saturated rings. The fourth-order valence-corrected chi connectivity index (χ4v) is 1.38. The Bertz CT molecular complexity index is 257. The van der Waals surface area contributed by atoms with Gasteiger partial charge in [-0.15, -0.1) is 0 Å². The molecule has 1 aliphatic heterocycles. The van der Waals surface area contributed by atoms with E-state index in [1.165, 1.54) is 0 Å². The van der Waals surface area contributed by atoms with E-state index in [4.69, 9.17) is 4.74 Å². The van der Waals surface area contributed by atoms with E-state index in [0.29, 0.717) is 6.10 Å². The molecule has 1 rings (SSSR count). The minimum atomic E-state index is -0.0531. The van der Waals surface area contributed by atoms with Gasteiger partial charge in [-0.2, -0.15) is 0 Å². The highest BCUT2D eigenvalue weighted by atomic mass is 16.6. The quantitative estimate of drug-likeness (QED) is 0.390. The van der Waals surface area contributed by atoms with Gasteiger partial charge in [-0.05, 0) is 32.6 Å². The minimum absolute atomic E-state index is 0.0531. The summed E-state index contributed by atoms with van der Waals surface area (Å²) >= 11 is 0. The van der Waals surface area contributed by atoms with Crippen LogP contribution in [0, 0.1) is 11.8 Å². The Labute approximate surface area is 91.8 Å². The summed E-state index contributed by atoms with van der Waals surface area (Å²) in [7, 11) is 0. The Balaban J connectivity index is 2.14. The maximum Gasteiger partial charge on any atom is 0.298 e. The van der Waals surface area contributed by atoms with Gasteiger partial charge in [-0.25, -0.2) is 0 Å². The summed E-state index contributed by atoms with van der Waals surface area (Å²) in [5.74, 6) is 5.54. The fourth-order valence-electron chi connectivity index (χ4n) is 1.38. The lowest BCUT2D eigenvalue weighted by Gasteiger charge is -2.14. The van der Waals surface area contributed by atoms with E-state index >= 15 is 0 Å². The first-order valence-corrected chi connectivity index (χ1v) is 5.67. The third-order valence-corrected chi connectivity index (χ3v) is 2.48. The standard InChI is InChI=1S/C12H19NO2/c1-3-13(4-2)12(14)9-7-5-6-8-11-10-15-11/h11H,3-6,8,10H2,1-2H3. The Morgan fingerprint density at radius 1 is 1.47 bits per heavy atom. The Morgan fingerprint density at radius 2 is 2.13 bits per heavy atom. The number of ether oxygens (including phenoxy) is 1. The first-order chi connectivity index (χ1) is 7.27. The van der Waals surface area contributed by atoms with Gasteiger partial charge in [0.05, 0.1) is 12.7 Å². The van der Waals surface area contributed by atoms with Crippen molar-refractivity contribution in [1.82, 2.24) is 4.90 Å². The second kappa shape index (κ2) is 6.47. The van der Waals surface area contributed by atoms with Crippen LogP contribution in [0.3, 0.4) is 0 Å². The van der Waals surface area contributed by atoms with Crippen molar-refractivity contribution in [3.63, 3.8) is 0 Å². The predicted octanol–water partition coefficient (Wildman–Crippen LogP) is 1.43. The van der Waals surface area contributed by atoms with Gasteiger partial charge in [0, 0.05) is 19.5 Å². The van der Waals surface area contributed by atoms with Crippen molar-refractivity contribution in [2.75, 3.05) is 19.7 Å². The van der Waals surface area contributed by atoms with E-state index in [9.17, 15) is 4.79 Å². The van der Waals surface area contributed by atoms with E-state index in [1.54, 1.807) is 4.90 Å². The van der Waals surface area contributed by atoms with E-state index in [2.05, 4.69) is 11.8 Å². The first-order valence-electron chi connectivity index (χ1n) is 5.67. The average Bonchev–Trinajstić information content (AvgIpc) is 3.03. The molecule has 84 valence electrons. The van der Waals surface area contributed by atoms with Crippen molar-refractivity contribution in [2.45, 2.75) is 39.2 Å². The molecule has 1 atom stereocenters. The molecule has 1 amide bonds. The lowest BCUT2D eigenvalue weighted by Crippen LogP contribution is -2.29. The molecule has 0 aliphatic carbocycles. The molecule has 3 nitrogen and oxygen atoms in total. The molecular weight excluding hydrogens is 190 g/mol. The number of unbranched alkanes of at least 4 members (excludes halogenated alkanes) is 1. The number of amides is 1. The van der Waals surface area contributed by atoms with E-state index < -0.39 is 0 Å². The molecule has 1 unspecified atom stereocenters. The first kappa shape index (κ1) is 12.1. The fraction of sp³-hybridized carbons (Fsp3) is 0.750. The Kier molecular flexibility index (Phi) is 5.20. The number of carbonyl (C=O) groups is 1. The van der Waals surface area contributed by atoms with Crippen LogP contribution in [0.4, 0.5) is 0 Å². The lowest BCUT2D eigenvalue weighted by molar-refractivity contribution is -0.124. The maximum atomic E-state index is 11.4. The zero-order chi connectivity index (χ0) is 11.1. The zero-order valence-corrected chi connectivity index (χ0v) is 9.58. The van der Waals surface area contributed by atoms with Gasteiger partial charge in [0.25, 0.3) is 5.91 Å². The van der Waals surface area contributed by atoms with Crippen LogP contribution in [0.2, 0.25) is 0 Å². The summed E-state index contributed by atoms with van der Waals surface area (Å²) in [6.07, 6.45) is 3.38. The highest BCUT2D eigenvalue weighted by molar-refractivity contribution is 5.93. The largest absolute Gasteiger partial charge is 0.373 e. The summed E-state index contributed by atoms with van der Waals surface area (Å²) < 4.78 is 5.09. The predicted molar refractivity (Wildman–Crippen MR) is 59.3 cm³/mol. The second-order valence-corrected chi connectivity index (χ2v) is 3.63. The van der Waals surface area contributed by atoms with Crippen LogP contribution < -0.4 is 0 Å². The summed E-state index contributed by atoms with van der Waals surface area (Å²) in [4.78, 5) is 13.2. The minimum Gasteiger partial charge on any atom is -0.373 e. The van der Waals surface area contributed by atoms with Crippen molar-refractivity contribution in [1.29, 1.82) is 0 Å². The van der Waals surface area contributed by atoms with Gasteiger partial charge in [-0.1, -0.05) is 5.92 Å². The molecule has 0 bridgehead atoms. The van der Waals surface area contributed by atoms with E-state index in [-0.39, 0.29) is 5.91 Å². The number of nitrogens with zero attached hydrogens (tertiary/aromatic N) is 1. The molecule has 1 heterocycles.